The molecule has 0 heterocycles. The molecule has 1 amide bonds. The van der Waals surface area contributed by atoms with E-state index < -0.39 is 12.1 Å². The van der Waals surface area contributed by atoms with Crippen molar-refractivity contribution in [2.24, 2.45) is 0 Å². The molecule has 92 valence electrons. The maximum absolute atomic E-state index is 11.5. The van der Waals surface area contributed by atoms with Gasteiger partial charge in [0.1, 0.15) is 0 Å². The lowest BCUT2D eigenvalue weighted by atomic mass is 10.0. The smallest absolute Gasteiger partial charge is 0.306 e. The summed E-state index contributed by atoms with van der Waals surface area (Å²) in [5.41, 5.74) is 0.838. The van der Waals surface area contributed by atoms with Crippen LogP contribution >= 0.6 is 0 Å². The van der Waals surface area contributed by atoms with Crippen molar-refractivity contribution in [1.82, 2.24) is 5.32 Å². The Morgan fingerprint density at radius 2 is 2.12 bits per heavy atom. The molecule has 3 N–H and O–H groups in total. The molecule has 5 heteroatoms. The molecule has 0 fully saturated rings. The average Bonchev–Trinajstić information content (AvgIpc) is 2.28. The van der Waals surface area contributed by atoms with Crippen molar-refractivity contribution in [2.45, 2.75) is 19.4 Å². The maximum Gasteiger partial charge on any atom is 0.306 e. The van der Waals surface area contributed by atoms with Gasteiger partial charge >= 0.3 is 5.97 Å². The highest BCUT2D eigenvalue weighted by Crippen LogP contribution is 2.17. The molecule has 17 heavy (non-hydrogen) atoms. The zero-order chi connectivity index (χ0) is 12.8. The van der Waals surface area contributed by atoms with Gasteiger partial charge in [-0.05, 0) is 24.6 Å². The van der Waals surface area contributed by atoms with Crippen molar-refractivity contribution >= 4 is 11.9 Å². The number of carbonyl (C=O) groups is 2. The molecule has 0 bridgehead atoms. The van der Waals surface area contributed by atoms with Gasteiger partial charge in [0.2, 0.25) is 0 Å². The van der Waals surface area contributed by atoms with E-state index >= 15 is 0 Å². The highest BCUT2D eigenvalue weighted by molar-refractivity contribution is 5.94. The van der Waals surface area contributed by atoms with Crippen LogP contribution in [0, 0.1) is 0 Å². The highest BCUT2D eigenvalue weighted by atomic mass is 16.4. The molecule has 0 unspecified atom stereocenters. The quantitative estimate of drug-likeness (QED) is 0.711. The first kappa shape index (κ1) is 13.2. The fraction of sp³-hybridized carbons (Fsp3) is 0.333. The average molecular weight is 237 g/mol. The third-order valence-electron chi connectivity index (χ3n) is 2.24. The van der Waals surface area contributed by atoms with Gasteiger partial charge < -0.3 is 15.5 Å². The molecule has 0 aliphatic rings. The molecule has 0 spiro atoms. The van der Waals surface area contributed by atoms with E-state index in [-0.39, 0.29) is 12.3 Å². The molecule has 1 atom stereocenters. The Morgan fingerprint density at radius 3 is 2.71 bits per heavy atom. The van der Waals surface area contributed by atoms with Gasteiger partial charge in [-0.15, -0.1) is 0 Å². The molecule has 0 aliphatic heterocycles. The topological polar surface area (TPSA) is 86.6 Å². The highest BCUT2D eigenvalue weighted by Gasteiger charge is 2.13. The molecular weight excluding hydrogens is 222 g/mol. The van der Waals surface area contributed by atoms with Crippen LogP contribution < -0.4 is 5.32 Å². The number of hydrogen-bond acceptors (Lipinski definition) is 3. The molecule has 0 saturated heterocycles. The molecule has 0 aliphatic carbocycles. The van der Waals surface area contributed by atoms with E-state index in [1.807, 2.05) is 0 Å². The van der Waals surface area contributed by atoms with Gasteiger partial charge in [0.25, 0.3) is 5.91 Å². The molecule has 0 radical (unpaired) electrons. The number of hydrogen-bond donors (Lipinski definition) is 3. The second-order valence-electron chi connectivity index (χ2n) is 3.60. The summed E-state index contributed by atoms with van der Waals surface area (Å²) >= 11 is 0. The summed E-state index contributed by atoms with van der Waals surface area (Å²) < 4.78 is 0. The predicted octanol–water partition coefficient (Wildman–Crippen LogP) is 0.944. The third-order valence-corrected chi connectivity index (χ3v) is 2.24. The fourth-order valence-corrected chi connectivity index (χ4v) is 1.43. The van der Waals surface area contributed by atoms with Crippen LogP contribution in [-0.4, -0.2) is 28.6 Å². The minimum Gasteiger partial charge on any atom is -0.481 e. The van der Waals surface area contributed by atoms with E-state index in [2.05, 4.69) is 5.32 Å². The lowest BCUT2D eigenvalue weighted by molar-refractivity contribution is -0.139. The van der Waals surface area contributed by atoms with Crippen LogP contribution in [-0.2, 0) is 4.79 Å². The number of carbonyl (C=O) groups excluding carboxylic acids is 1. The Labute approximate surface area is 99.1 Å². The summed E-state index contributed by atoms with van der Waals surface area (Å²) in [6.45, 7) is 2.32. The van der Waals surface area contributed by atoms with Crippen LogP contribution in [0.3, 0.4) is 0 Å². The number of nitrogens with one attached hydrogen (secondary N) is 1. The number of carboxylic acids is 1. The molecular formula is C12H15NO4. The Morgan fingerprint density at radius 1 is 1.41 bits per heavy atom. The van der Waals surface area contributed by atoms with Crippen molar-refractivity contribution in [2.75, 3.05) is 6.54 Å². The minimum atomic E-state index is -1.10. The molecule has 0 aromatic heterocycles. The van der Waals surface area contributed by atoms with E-state index in [0.717, 1.165) is 0 Å². The summed E-state index contributed by atoms with van der Waals surface area (Å²) in [5.74, 6) is -1.32. The summed E-state index contributed by atoms with van der Waals surface area (Å²) in [6.07, 6.45) is -1.47. The normalized spacial score (nSPS) is 11.9. The largest absolute Gasteiger partial charge is 0.481 e. The second kappa shape index (κ2) is 6.00. The van der Waals surface area contributed by atoms with Gasteiger partial charge in [-0.2, -0.15) is 0 Å². The lowest BCUT2D eigenvalue weighted by Crippen LogP contribution is -2.22. The van der Waals surface area contributed by atoms with Crippen molar-refractivity contribution in [1.29, 1.82) is 0 Å². The number of benzene rings is 1. The van der Waals surface area contributed by atoms with E-state index in [0.29, 0.717) is 17.7 Å². The van der Waals surface area contributed by atoms with Crippen LogP contribution in [0.5, 0.6) is 0 Å². The number of aliphatic hydroxyl groups excluding tert-OH is 1. The molecule has 0 saturated carbocycles. The lowest BCUT2D eigenvalue weighted by Gasteiger charge is -2.10. The van der Waals surface area contributed by atoms with Gasteiger partial charge in [0.05, 0.1) is 12.5 Å². The third kappa shape index (κ3) is 3.88. The predicted molar refractivity (Wildman–Crippen MR) is 61.7 cm³/mol. The van der Waals surface area contributed by atoms with Crippen LogP contribution in [0.1, 0.15) is 35.4 Å². The van der Waals surface area contributed by atoms with E-state index in [1.54, 1.807) is 25.1 Å². The SMILES string of the molecule is CCNC(=O)c1cccc([C@@H](O)CC(=O)O)c1. The Hall–Kier alpha value is -1.88. The standard InChI is InChI=1S/C12H15NO4/c1-2-13-12(17)9-5-3-4-8(6-9)10(14)7-11(15)16/h3-6,10,14H,2,7H2,1H3,(H,13,17)(H,15,16)/t10-/m0/s1. The van der Waals surface area contributed by atoms with Crippen molar-refractivity contribution in [3.05, 3.63) is 35.4 Å². The van der Waals surface area contributed by atoms with Gasteiger partial charge in [-0.3, -0.25) is 9.59 Å². The zero-order valence-corrected chi connectivity index (χ0v) is 9.51. The first-order chi connectivity index (χ1) is 8.04. The van der Waals surface area contributed by atoms with E-state index in [4.69, 9.17) is 5.11 Å². The van der Waals surface area contributed by atoms with Gasteiger partial charge in [0, 0.05) is 12.1 Å². The van der Waals surface area contributed by atoms with E-state index in [9.17, 15) is 14.7 Å². The fourth-order valence-electron chi connectivity index (χ4n) is 1.43. The monoisotopic (exact) mass is 237 g/mol. The van der Waals surface area contributed by atoms with Crippen molar-refractivity contribution in [3.63, 3.8) is 0 Å². The molecule has 1 rings (SSSR count). The Balaban J connectivity index is 2.85. The first-order valence-corrected chi connectivity index (χ1v) is 5.32. The Bertz CT molecular complexity index is 417. The van der Waals surface area contributed by atoms with Crippen molar-refractivity contribution in [3.8, 4) is 0 Å². The van der Waals surface area contributed by atoms with Crippen LogP contribution in [0.4, 0.5) is 0 Å². The summed E-state index contributed by atoms with van der Waals surface area (Å²) in [6, 6.07) is 6.32. The second-order valence-corrected chi connectivity index (χ2v) is 3.60. The number of carboxylic acid groups (broad SMARTS) is 1. The van der Waals surface area contributed by atoms with Gasteiger partial charge in [-0.25, -0.2) is 0 Å². The number of aliphatic hydroxyl groups is 1. The van der Waals surface area contributed by atoms with Crippen molar-refractivity contribution < 1.29 is 19.8 Å². The summed E-state index contributed by atoms with van der Waals surface area (Å²) in [5, 5.41) is 20.8. The van der Waals surface area contributed by atoms with Gasteiger partial charge in [-0.1, -0.05) is 12.1 Å². The molecule has 5 nitrogen and oxygen atoms in total. The van der Waals surface area contributed by atoms with Gasteiger partial charge in [0.15, 0.2) is 0 Å². The summed E-state index contributed by atoms with van der Waals surface area (Å²) in [4.78, 5) is 22.0. The van der Waals surface area contributed by atoms with E-state index in [1.165, 1.54) is 6.07 Å². The number of amides is 1. The number of aliphatic carboxylic acids is 1. The number of rotatable bonds is 5. The van der Waals surface area contributed by atoms with Crippen LogP contribution in [0.15, 0.2) is 24.3 Å². The maximum atomic E-state index is 11.5. The van der Waals surface area contributed by atoms with Crippen LogP contribution in [0.25, 0.3) is 0 Å². The Kier molecular flexibility index (Phi) is 4.66. The van der Waals surface area contributed by atoms with Crippen LogP contribution in [0.2, 0.25) is 0 Å². The first-order valence-electron chi connectivity index (χ1n) is 5.32. The molecule has 1 aromatic carbocycles. The molecule has 1 aromatic rings. The summed E-state index contributed by atoms with van der Waals surface area (Å²) in [7, 11) is 0. The zero-order valence-electron chi connectivity index (χ0n) is 9.51. The minimum absolute atomic E-state index is 0.239.